The molecule has 0 saturated carbocycles. The van der Waals surface area contributed by atoms with Gasteiger partial charge in [-0.2, -0.15) is 0 Å². The van der Waals surface area contributed by atoms with Gasteiger partial charge in [0.1, 0.15) is 0 Å². The van der Waals surface area contributed by atoms with E-state index < -0.39 is 0 Å². The van der Waals surface area contributed by atoms with E-state index >= 15 is 0 Å². The van der Waals surface area contributed by atoms with E-state index in [0.29, 0.717) is 0 Å². The fourth-order valence-electron chi connectivity index (χ4n) is 4.73. The molecule has 1 N–H and O–H groups in total. The number of benzene rings is 1. The summed E-state index contributed by atoms with van der Waals surface area (Å²) in [5.74, 6) is 3.50. The van der Waals surface area contributed by atoms with Gasteiger partial charge in [-0.25, -0.2) is 0 Å². The van der Waals surface area contributed by atoms with E-state index in [2.05, 4.69) is 46.0 Å². The van der Waals surface area contributed by atoms with Crippen molar-refractivity contribution >= 4 is 29.9 Å². The molecule has 0 aromatic heterocycles. The van der Waals surface area contributed by atoms with Crippen LogP contribution in [0.25, 0.3) is 0 Å². The first kappa shape index (κ1) is 28.0. The molecule has 1 aromatic rings. The first-order valence-corrected chi connectivity index (χ1v) is 12.4. The van der Waals surface area contributed by atoms with Gasteiger partial charge in [-0.1, -0.05) is 13.0 Å². The van der Waals surface area contributed by atoms with Crippen molar-refractivity contribution < 1.29 is 9.47 Å². The van der Waals surface area contributed by atoms with Gasteiger partial charge in [0.2, 0.25) is 0 Å². The van der Waals surface area contributed by atoms with Crippen molar-refractivity contribution in [1.29, 1.82) is 0 Å². The van der Waals surface area contributed by atoms with Crippen LogP contribution in [-0.2, 0) is 6.54 Å². The maximum absolute atomic E-state index is 5.46. The molecular formula is C25H44IN5O2. The first-order chi connectivity index (χ1) is 15.7. The number of hydrogen-bond acceptors (Lipinski definition) is 5. The van der Waals surface area contributed by atoms with Crippen molar-refractivity contribution in [2.24, 2.45) is 10.9 Å². The van der Waals surface area contributed by atoms with Crippen LogP contribution in [0.15, 0.2) is 23.2 Å². The third-order valence-electron chi connectivity index (χ3n) is 6.81. The van der Waals surface area contributed by atoms with Crippen molar-refractivity contribution in [2.45, 2.75) is 39.7 Å². The largest absolute Gasteiger partial charge is 0.493 e. The zero-order valence-electron chi connectivity index (χ0n) is 21.0. The number of rotatable bonds is 9. The van der Waals surface area contributed by atoms with E-state index in [4.69, 9.17) is 14.5 Å². The summed E-state index contributed by atoms with van der Waals surface area (Å²) in [5.41, 5.74) is 1.26. The average Bonchev–Trinajstić information content (AvgIpc) is 2.84. The quantitative estimate of drug-likeness (QED) is 0.277. The lowest BCUT2D eigenvalue weighted by atomic mass is 9.94. The molecule has 3 rings (SSSR count). The maximum Gasteiger partial charge on any atom is 0.194 e. The van der Waals surface area contributed by atoms with Gasteiger partial charge in [0, 0.05) is 45.8 Å². The molecule has 2 aliphatic heterocycles. The highest BCUT2D eigenvalue weighted by Crippen LogP contribution is 2.28. The highest BCUT2D eigenvalue weighted by molar-refractivity contribution is 14.0. The molecule has 0 unspecified atom stereocenters. The van der Waals surface area contributed by atoms with Gasteiger partial charge in [-0.3, -0.25) is 9.89 Å². The minimum absolute atomic E-state index is 0. The number of guanidine groups is 1. The molecule has 0 aliphatic carbocycles. The van der Waals surface area contributed by atoms with Crippen molar-refractivity contribution in [3.63, 3.8) is 0 Å². The number of methoxy groups -OCH3 is 2. The molecule has 188 valence electrons. The van der Waals surface area contributed by atoms with Crippen LogP contribution in [-0.4, -0.2) is 93.8 Å². The first-order valence-electron chi connectivity index (χ1n) is 12.4. The summed E-state index contributed by atoms with van der Waals surface area (Å²) in [5, 5.41) is 3.52. The summed E-state index contributed by atoms with van der Waals surface area (Å²) in [6.45, 7) is 15.0. The van der Waals surface area contributed by atoms with Crippen LogP contribution >= 0.6 is 24.0 Å². The van der Waals surface area contributed by atoms with Gasteiger partial charge in [-0.15, -0.1) is 24.0 Å². The molecular weight excluding hydrogens is 529 g/mol. The van der Waals surface area contributed by atoms with Crippen LogP contribution in [0.3, 0.4) is 0 Å². The fourth-order valence-corrected chi connectivity index (χ4v) is 4.73. The van der Waals surface area contributed by atoms with E-state index in [0.717, 1.165) is 69.2 Å². The Labute approximate surface area is 217 Å². The Hall–Kier alpha value is -1.26. The molecule has 7 nitrogen and oxygen atoms in total. The molecule has 0 radical (unpaired) electrons. The zero-order chi connectivity index (χ0) is 22.8. The lowest BCUT2D eigenvalue weighted by molar-refractivity contribution is 0.172. The van der Waals surface area contributed by atoms with Gasteiger partial charge < -0.3 is 24.6 Å². The molecule has 0 bridgehead atoms. The molecule has 2 saturated heterocycles. The van der Waals surface area contributed by atoms with E-state index in [1.807, 2.05) is 6.07 Å². The Morgan fingerprint density at radius 3 is 2.27 bits per heavy atom. The minimum atomic E-state index is 0. The highest BCUT2D eigenvalue weighted by atomic mass is 127. The number of likely N-dealkylation sites (tertiary alicyclic amines) is 1. The summed E-state index contributed by atoms with van der Waals surface area (Å²) in [6.07, 6.45) is 3.87. The molecule has 0 amide bonds. The number of piperazine rings is 1. The standard InChI is InChI=1S/C25H43N5O2.HI/c1-5-26-25(27-12-9-21-10-13-28(6-2)14-11-21)30-17-15-29(16-18-30)20-22-7-8-23(31-3)24(19-22)32-4;/h7-8,19,21H,5-6,9-18,20H2,1-4H3,(H,26,27);1H. The Morgan fingerprint density at radius 1 is 0.970 bits per heavy atom. The molecule has 0 spiro atoms. The van der Waals surface area contributed by atoms with Crippen molar-refractivity contribution in [3.05, 3.63) is 23.8 Å². The highest BCUT2D eigenvalue weighted by Gasteiger charge is 2.21. The molecule has 0 atom stereocenters. The monoisotopic (exact) mass is 573 g/mol. The van der Waals surface area contributed by atoms with Crippen LogP contribution in [0, 0.1) is 5.92 Å². The number of halogens is 1. The molecule has 8 heteroatoms. The average molecular weight is 574 g/mol. The van der Waals surface area contributed by atoms with Gasteiger partial charge in [-0.05, 0) is 69.4 Å². The van der Waals surface area contributed by atoms with Gasteiger partial charge >= 0.3 is 0 Å². The second-order valence-corrected chi connectivity index (χ2v) is 8.85. The maximum atomic E-state index is 5.46. The summed E-state index contributed by atoms with van der Waals surface area (Å²) in [4.78, 5) is 12.5. The number of ether oxygens (including phenoxy) is 2. The van der Waals surface area contributed by atoms with Gasteiger partial charge in [0.05, 0.1) is 14.2 Å². The zero-order valence-corrected chi connectivity index (χ0v) is 23.3. The third-order valence-corrected chi connectivity index (χ3v) is 6.81. The van der Waals surface area contributed by atoms with Crippen LogP contribution in [0.5, 0.6) is 11.5 Å². The van der Waals surface area contributed by atoms with E-state index in [1.54, 1.807) is 14.2 Å². The summed E-state index contributed by atoms with van der Waals surface area (Å²) >= 11 is 0. The third kappa shape index (κ3) is 8.47. The Morgan fingerprint density at radius 2 is 1.67 bits per heavy atom. The predicted molar refractivity (Wildman–Crippen MR) is 147 cm³/mol. The molecule has 1 aromatic carbocycles. The molecule has 2 heterocycles. The predicted octanol–water partition coefficient (Wildman–Crippen LogP) is 3.53. The van der Waals surface area contributed by atoms with Crippen molar-refractivity contribution in [2.75, 3.05) is 73.1 Å². The smallest absolute Gasteiger partial charge is 0.194 e. The number of aliphatic imine (C=N–C) groups is 1. The van der Waals surface area contributed by atoms with Crippen LogP contribution < -0.4 is 14.8 Å². The van der Waals surface area contributed by atoms with Gasteiger partial charge in [0.15, 0.2) is 17.5 Å². The van der Waals surface area contributed by atoms with E-state index in [-0.39, 0.29) is 24.0 Å². The topological polar surface area (TPSA) is 52.6 Å². The SMILES string of the molecule is CCNC(=NCCC1CCN(CC)CC1)N1CCN(Cc2ccc(OC)c(OC)c2)CC1.I. The van der Waals surface area contributed by atoms with Crippen LogP contribution in [0.4, 0.5) is 0 Å². The van der Waals surface area contributed by atoms with Crippen LogP contribution in [0.1, 0.15) is 38.7 Å². The lowest BCUT2D eigenvalue weighted by Gasteiger charge is -2.36. The second kappa shape index (κ2) is 14.9. The lowest BCUT2D eigenvalue weighted by Crippen LogP contribution is -2.52. The number of nitrogens with one attached hydrogen (secondary N) is 1. The summed E-state index contributed by atoms with van der Waals surface area (Å²) in [7, 11) is 3.37. The summed E-state index contributed by atoms with van der Waals surface area (Å²) < 4.78 is 10.8. The number of piperidine rings is 1. The molecule has 2 fully saturated rings. The number of nitrogens with zero attached hydrogens (tertiary/aromatic N) is 4. The van der Waals surface area contributed by atoms with Crippen molar-refractivity contribution in [3.8, 4) is 11.5 Å². The number of hydrogen-bond donors (Lipinski definition) is 1. The van der Waals surface area contributed by atoms with Crippen LogP contribution in [0.2, 0.25) is 0 Å². The summed E-state index contributed by atoms with van der Waals surface area (Å²) in [6, 6.07) is 6.21. The molecule has 33 heavy (non-hydrogen) atoms. The molecule has 2 aliphatic rings. The Balaban J connectivity index is 0.00000385. The normalized spacial score (nSPS) is 18.7. The Kier molecular flexibility index (Phi) is 12.6. The fraction of sp³-hybridized carbons (Fsp3) is 0.720. The van der Waals surface area contributed by atoms with Gasteiger partial charge in [0.25, 0.3) is 0 Å². The second-order valence-electron chi connectivity index (χ2n) is 8.85. The van der Waals surface area contributed by atoms with E-state index in [1.165, 1.54) is 44.5 Å². The van der Waals surface area contributed by atoms with Crippen molar-refractivity contribution in [1.82, 2.24) is 20.0 Å². The minimum Gasteiger partial charge on any atom is -0.493 e. The Bertz CT molecular complexity index is 717. The van der Waals surface area contributed by atoms with E-state index in [9.17, 15) is 0 Å².